The number of ketones is 1. The van der Waals surface area contributed by atoms with Crippen molar-refractivity contribution >= 4 is 39.1 Å². The van der Waals surface area contributed by atoms with E-state index in [1.807, 2.05) is 55.4 Å². The Hall–Kier alpha value is -2.60. The van der Waals surface area contributed by atoms with Crippen molar-refractivity contribution in [2.45, 2.75) is 103 Å². The first kappa shape index (κ1) is 32.9. The van der Waals surface area contributed by atoms with Gasteiger partial charge in [-0.15, -0.1) is 0 Å². The van der Waals surface area contributed by atoms with Crippen LogP contribution in [0.2, 0.25) is 0 Å². The van der Waals surface area contributed by atoms with Gasteiger partial charge in [0.05, 0.1) is 11.6 Å². The first-order chi connectivity index (χ1) is 19.8. The number of nitrogens with zero attached hydrogens (tertiary/aromatic N) is 2. The highest BCUT2D eigenvalue weighted by molar-refractivity contribution is 9.10. The van der Waals surface area contributed by atoms with Crippen LogP contribution in [0, 0.1) is 0 Å². The molecule has 0 aromatic heterocycles. The number of hydrogen-bond acceptors (Lipinski definition) is 4. The molecule has 6 heteroatoms. The van der Waals surface area contributed by atoms with E-state index in [1.165, 1.54) is 70.6 Å². The summed E-state index contributed by atoms with van der Waals surface area (Å²) in [4.78, 5) is 30.2. The molecule has 41 heavy (non-hydrogen) atoms. The zero-order valence-electron chi connectivity index (χ0n) is 25.3. The molecule has 1 N–H and O–H groups in total. The monoisotopic (exact) mass is 624 g/mol. The number of likely N-dealkylation sites (tertiary alicyclic amines) is 1. The predicted octanol–water partition coefficient (Wildman–Crippen LogP) is 9.42. The van der Waals surface area contributed by atoms with E-state index in [0.29, 0.717) is 12.1 Å². The van der Waals surface area contributed by atoms with Crippen LogP contribution in [0.5, 0.6) is 0 Å². The number of unbranched alkanes of at least 4 members (excludes halogenated alkanes) is 13. The second-order valence-electron chi connectivity index (χ2n) is 11.6. The minimum Gasteiger partial charge on any atom is -0.507 e. The highest BCUT2D eigenvalue weighted by atomic mass is 79.9. The molecule has 3 rings (SSSR count). The third-order valence-electron chi connectivity index (χ3n) is 8.14. The van der Waals surface area contributed by atoms with Crippen molar-refractivity contribution < 1.29 is 14.7 Å². The van der Waals surface area contributed by atoms with Crippen molar-refractivity contribution in [3.63, 3.8) is 0 Å². The van der Waals surface area contributed by atoms with Gasteiger partial charge in [-0.3, -0.25) is 9.59 Å². The van der Waals surface area contributed by atoms with Crippen LogP contribution in [-0.4, -0.2) is 42.3 Å². The lowest BCUT2D eigenvalue weighted by Crippen LogP contribution is -2.30. The van der Waals surface area contributed by atoms with Crippen LogP contribution >= 0.6 is 15.9 Å². The number of aliphatic hydroxyl groups excluding tert-OH is 1. The molecular weight excluding hydrogens is 576 g/mol. The average molecular weight is 626 g/mol. The second-order valence-corrected chi connectivity index (χ2v) is 12.5. The van der Waals surface area contributed by atoms with Gasteiger partial charge in [0.25, 0.3) is 11.7 Å². The van der Waals surface area contributed by atoms with Crippen molar-refractivity contribution in [2.75, 3.05) is 25.5 Å². The van der Waals surface area contributed by atoms with Gasteiger partial charge in [-0.05, 0) is 36.2 Å². The quantitative estimate of drug-likeness (QED) is 0.0776. The van der Waals surface area contributed by atoms with Crippen LogP contribution in [-0.2, 0) is 9.59 Å². The summed E-state index contributed by atoms with van der Waals surface area (Å²) in [7, 11) is 3.95. The molecule has 224 valence electrons. The van der Waals surface area contributed by atoms with E-state index in [9.17, 15) is 14.7 Å². The third kappa shape index (κ3) is 9.73. The molecule has 1 aliphatic rings. The molecule has 0 bridgehead atoms. The summed E-state index contributed by atoms with van der Waals surface area (Å²) in [6, 6.07) is 14.4. The average Bonchev–Trinajstić information content (AvgIpc) is 3.22. The summed E-state index contributed by atoms with van der Waals surface area (Å²) in [6.45, 7) is 2.76. The van der Waals surface area contributed by atoms with E-state index in [2.05, 4.69) is 22.9 Å². The molecule has 1 unspecified atom stereocenters. The Balaban J connectivity index is 1.57. The van der Waals surface area contributed by atoms with Crippen LogP contribution in [0.15, 0.2) is 58.6 Å². The summed E-state index contributed by atoms with van der Waals surface area (Å²) < 4.78 is 0.878. The Bertz CT molecular complexity index is 1130. The van der Waals surface area contributed by atoms with Crippen LogP contribution in [0.4, 0.5) is 5.69 Å². The molecule has 5 nitrogen and oxygen atoms in total. The molecule has 0 radical (unpaired) electrons. The number of carbonyl (C=O) groups is 2. The molecule has 0 saturated carbocycles. The Morgan fingerprint density at radius 3 is 1.73 bits per heavy atom. The molecule has 1 atom stereocenters. The zero-order valence-corrected chi connectivity index (χ0v) is 26.9. The number of aliphatic hydroxyl groups is 1. The normalized spacial score (nSPS) is 16.5. The Morgan fingerprint density at radius 1 is 0.756 bits per heavy atom. The SMILES string of the molecule is CCCCCCCCCCCCCCCCN1C(=O)C(=O)C(=C(O)c2ccc(Br)cc2)C1c1ccc(N(C)C)cc1. The summed E-state index contributed by atoms with van der Waals surface area (Å²) in [6.07, 6.45) is 17.7. The number of hydrogen-bond donors (Lipinski definition) is 1. The number of anilines is 1. The van der Waals surface area contributed by atoms with Crippen molar-refractivity contribution in [2.24, 2.45) is 0 Å². The van der Waals surface area contributed by atoms with Gasteiger partial charge in [-0.25, -0.2) is 0 Å². The van der Waals surface area contributed by atoms with Gasteiger partial charge < -0.3 is 14.9 Å². The number of carbonyl (C=O) groups excluding carboxylic acids is 2. The van der Waals surface area contributed by atoms with Crippen LogP contribution in [0.1, 0.15) is 114 Å². The minimum atomic E-state index is -0.613. The largest absolute Gasteiger partial charge is 0.507 e. The van der Waals surface area contributed by atoms with Crippen molar-refractivity contribution in [3.05, 3.63) is 69.7 Å². The van der Waals surface area contributed by atoms with Gasteiger partial charge in [-0.1, -0.05) is 131 Å². The van der Waals surface area contributed by atoms with Gasteiger partial charge in [0, 0.05) is 36.4 Å². The molecule has 1 saturated heterocycles. The second kappa shape index (κ2) is 17.4. The summed E-state index contributed by atoms with van der Waals surface area (Å²) in [5, 5.41) is 11.2. The van der Waals surface area contributed by atoms with Crippen molar-refractivity contribution in [3.8, 4) is 0 Å². The highest BCUT2D eigenvalue weighted by Gasteiger charge is 2.45. The maximum atomic E-state index is 13.3. The fraction of sp³-hybridized carbons (Fsp3) is 0.543. The molecule has 0 spiro atoms. The van der Waals surface area contributed by atoms with E-state index >= 15 is 0 Å². The summed E-state index contributed by atoms with van der Waals surface area (Å²) in [5.41, 5.74) is 2.56. The van der Waals surface area contributed by atoms with Gasteiger partial charge in [0.2, 0.25) is 0 Å². The summed E-state index contributed by atoms with van der Waals surface area (Å²) >= 11 is 3.42. The van der Waals surface area contributed by atoms with Gasteiger partial charge >= 0.3 is 0 Å². The topological polar surface area (TPSA) is 60.9 Å². The number of benzene rings is 2. The van der Waals surface area contributed by atoms with E-state index in [4.69, 9.17) is 0 Å². The molecule has 2 aromatic carbocycles. The fourth-order valence-electron chi connectivity index (χ4n) is 5.65. The molecule has 1 heterocycles. The van der Waals surface area contributed by atoms with Crippen LogP contribution in [0.3, 0.4) is 0 Å². The maximum Gasteiger partial charge on any atom is 0.295 e. The molecule has 1 fully saturated rings. The van der Waals surface area contributed by atoms with Crippen LogP contribution in [0.25, 0.3) is 5.76 Å². The van der Waals surface area contributed by atoms with E-state index in [0.717, 1.165) is 35.0 Å². The predicted molar refractivity (Wildman–Crippen MR) is 174 cm³/mol. The molecule has 2 aromatic rings. The minimum absolute atomic E-state index is 0.124. The first-order valence-electron chi connectivity index (χ1n) is 15.7. The lowest BCUT2D eigenvalue weighted by atomic mass is 9.95. The van der Waals surface area contributed by atoms with Gasteiger partial charge in [0.1, 0.15) is 5.76 Å². The number of rotatable bonds is 18. The standard InChI is InChI=1S/C35H49BrN2O3/c1-4-5-6-7-8-9-10-11-12-13-14-15-16-17-26-38-32(27-20-24-30(25-21-27)37(2)3)31(34(40)35(38)41)33(39)28-18-22-29(36)23-19-28/h18-25,32,39H,4-17,26H2,1-3H3. The van der Waals surface area contributed by atoms with Crippen LogP contribution < -0.4 is 4.90 Å². The molecule has 1 amide bonds. The third-order valence-corrected chi connectivity index (χ3v) is 8.66. The zero-order chi connectivity index (χ0) is 29.6. The molecule has 0 aliphatic carbocycles. The summed E-state index contributed by atoms with van der Waals surface area (Å²) in [5.74, 6) is -1.27. The number of halogens is 1. The van der Waals surface area contributed by atoms with Crippen molar-refractivity contribution in [1.29, 1.82) is 0 Å². The van der Waals surface area contributed by atoms with Gasteiger partial charge in [-0.2, -0.15) is 0 Å². The molecular formula is C35H49BrN2O3. The van der Waals surface area contributed by atoms with E-state index in [1.54, 1.807) is 17.0 Å². The Morgan fingerprint density at radius 2 is 1.24 bits per heavy atom. The Kier molecular flexibility index (Phi) is 13.9. The van der Waals surface area contributed by atoms with E-state index in [-0.39, 0.29) is 11.3 Å². The number of Topliss-reactive ketones (excluding diaryl/α,β-unsaturated/α-hetero) is 1. The maximum absolute atomic E-state index is 13.3. The lowest BCUT2D eigenvalue weighted by Gasteiger charge is -2.26. The fourth-order valence-corrected chi connectivity index (χ4v) is 5.92. The number of amides is 1. The highest BCUT2D eigenvalue weighted by Crippen LogP contribution is 2.40. The van der Waals surface area contributed by atoms with E-state index < -0.39 is 17.7 Å². The Labute approximate surface area is 256 Å². The lowest BCUT2D eigenvalue weighted by molar-refractivity contribution is -0.139. The van der Waals surface area contributed by atoms with Crippen molar-refractivity contribution in [1.82, 2.24) is 4.90 Å². The first-order valence-corrected chi connectivity index (χ1v) is 16.5. The smallest absolute Gasteiger partial charge is 0.295 e. The molecule has 1 aliphatic heterocycles. The van der Waals surface area contributed by atoms with Gasteiger partial charge in [0.15, 0.2) is 0 Å².